The topological polar surface area (TPSA) is 70.5 Å². The summed E-state index contributed by atoms with van der Waals surface area (Å²) in [6.07, 6.45) is 1.66. The summed E-state index contributed by atoms with van der Waals surface area (Å²) < 4.78 is 17.9. The molecule has 168 valence electrons. The van der Waals surface area contributed by atoms with Crippen molar-refractivity contribution in [2.24, 2.45) is 0 Å². The number of carbonyl (C=O) groups is 1. The first-order valence-electron chi connectivity index (χ1n) is 10.8. The number of aromatic nitrogens is 2. The number of hydrogen-bond donors (Lipinski definition) is 0. The molecule has 0 radical (unpaired) electrons. The molecular weight excluding hydrogens is 428 g/mol. The predicted molar refractivity (Wildman–Crippen MR) is 131 cm³/mol. The van der Waals surface area contributed by atoms with Crippen LogP contribution in [0.3, 0.4) is 0 Å². The maximum atomic E-state index is 12.3. The molecule has 0 bridgehead atoms. The van der Waals surface area contributed by atoms with Gasteiger partial charge in [-0.3, -0.25) is 9.78 Å². The average Bonchev–Trinajstić information content (AvgIpc) is 2.87. The number of Topliss-reactive ketones (excluding diaryl/α,β-unsaturated/α-hetero) is 1. The maximum absolute atomic E-state index is 12.3. The van der Waals surface area contributed by atoms with E-state index in [2.05, 4.69) is 9.97 Å². The SMILES string of the molecule is COc1cc2c(Oc3cc4ccccc4nc3C(C)=O)ccnc2cc1OCc1ccccc1. The van der Waals surface area contributed by atoms with Crippen molar-refractivity contribution in [2.75, 3.05) is 7.11 Å². The third kappa shape index (κ3) is 4.26. The van der Waals surface area contributed by atoms with Gasteiger partial charge in [0.25, 0.3) is 0 Å². The molecule has 2 aromatic heterocycles. The second-order valence-electron chi connectivity index (χ2n) is 7.79. The van der Waals surface area contributed by atoms with Crippen LogP contribution >= 0.6 is 0 Å². The number of carbonyl (C=O) groups excluding carboxylic acids is 1. The van der Waals surface area contributed by atoms with Crippen LogP contribution in [0.1, 0.15) is 23.0 Å². The maximum Gasteiger partial charge on any atom is 0.181 e. The Labute approximate surface area is 196 Å². The molecule has 5 aromatic rings. The Balaban J connectivity index is 1.53. The second kappa shape index (κ2) is 9.19. The molecule has 0 atom stereocenters. The summed E-state index contributed by atoms with van der Waals surface area (Å²) in [6, 6.07) is 24.8. The summed E-state index contributed by atoms with van der Waals surface area (Å²) in [5, 5.41) is 1.61. The second-order valence-corrected chi connectivity index (χ2v) is 7.79. The van der Waals surface area contributed by atoms with E-state index in [0.29, 0.717) is 35.1 Å². The van der Waals surface area contributed by atoms with Gasteiger partial charge in [0.1, 0.15) is 18.1 Å². The van der Waals surface area contributed by atoms with Crippen molar-refractivity contribution in [3.8, 4) is 23.0 Å². The van der Waals surface area contributed by atoms with Crippen molar-refractivity contribution in [1.82, 2.24) is 9.97 Å². The molecule has 34 heavy (non-hydrogen) atoms. The van der Waals surface area contributed by atoms with E-state index in [1.807, 2.05) is 72.8 Å². The summed E-state index contributed by atoms with van der Waals surface area (Å²) in [4.78, 5) is 21.3. The fourth-order valence-electron chi connectivity index (χ4n) is 3.77. The highest BCUT2D eigenvalue weighted by Gasteiger charge is 2.17. The lowest BCUT2D eigenvalue weighted by molar-refractivity contribution is 0.101. The molecule has 6 heteroatoms. The van der Waals surface area contributed by atoms with E-state index in [4.69, 9.17) is 14.2 Å². The number of benzene rings is 3. The van der Waals surface area contributed by atoms with Crippen LogP contribution in [0.4, 0.5) is 0 Å². The Morgan fingerprint density at radius 3 is 2.41 bits per heavy atom. The van der Waals surface area contributed by atoms with Gasteiger partial charge in [0, 0.05) is 30.0 Å². The fraction of sp³-hybridized carbons (Fsp3) is 0.107. The third-order valence-corrected chi connectivity index (χ3v) is 5.47. The van der Waals surface area contributed by atoms with Crippen LogP contribution in [0.15, 0.2) is 85.1 Å². The average molecular weight is 450 g/mol. The van der Waals surface area contributed by atoms with E-state index in [1.165, 1.54) is 6.92 Å². The zero-order valence-electron chi connectivity index (χ0n) is 18.8. The van der Waals surface area contributed by atoms with E-state index < -0.39 is 0 Å². The van der Waals surface area contributed by atoms with Crippen LogP contribution in [0.5, 0.6) is 23.0 Å². The highest BCUT2D eigenvalue weighted by molar-refractivity contribution is 5.98. The molecule has 2 heterocycles. The highest BCUT2D eigenvalue weighted by Crippen LogP contribution is 2.38. The molecule has 0 saturated heterocycles. The van der Waals surface area contributed by atoms with Gasteiger partial charge >= 0.3 is 0 Å². The van der Waals surface area contributed by atoms with Crippen molar-refractivity contribution in [3.05, 3.63) is 96.3 Å². The van der Waals surface area contributed by atoms with Crippen LogP contribution in [0.2, 0.25) is 0 Å². The van der Waals surface area contributed by atoms with E-state index in [1.54, 1.807) is 19.4 Å². The van der Waals surface area contributed by atoms with Gasteiger partial charge in [-0.2, -0.15) is 0 Å². The number of nitrogens with zero attached hydrogens (tertiary/aromatic N) is 2. The molecule has 0 saturated carbocycles. The minimum Gasteiger partial charge on any atom is -0.493 e. The predicted octanol–water partition coefficient (Wildman–Crippen LogP) is 6.37. The van der Waals surface area contributed by atoms with Crippen LogP contribution < -0.4 is 14.2 Å². The molecule has 3 aromatic carbocycles. The number of fused-ring (bicyclic) bond motifs is 2. The van der Waals surface area contributed by atoms with E-state index in [0.717, 1.165) is 21.9 Å². The summed E-state index contributed by atoms with van der Waals surface area (Å²) in [7, 11) is 1.59. The standard InChI is InChI=1S/C28H22N2O4/c1-18(31)28-27(14-20-10-6-7-11-22(20)30-28)34-24-12-13-29-23-16-26(25(32-2)15-21(23)24)33-17-19-8-4-3-5-9-19/h3-16H,17H2,1-2H3. The van der Waals surface area contributed by atoms with Crippen molar-refractivity contribution in [2.45, 2.75) is 13.5 Å². The van der Waals surface area contributed by atoms with Crippen LogP contribution in [0.25, 0.3) is 21.8 Å². The van der Waals surface area contributed by atoms with Crippen molar-refractivity contribution in [3.63, 3.8) is 0 Å². The van der Waals surface area contributed by atoms with Crippen molar-refractivity contribution < 1.29 is 19.0 Å². The van der Waals surface area contributed by atoms with Gasteiger partial charge in [0.15, 0.2) is 23.0 Å². The zero-order chi connectivity index (χ0) is 23.5. The number of ketones is 1. The van der Waals surface area contributed by atoms with E-state index >= 15 is 0 Å². The molecular formula is C28H22N2O4. The van der Waals surface area contributed by atoms with Gasteiger partial charge < -0.3 is 14.2 Å². The molecule has 0 amide bonds. The lowest BCUT2D eigenvalue weighted by Crippen LogP contribution is -2.02. The lowest BCUT2D eigenvalue weighted by atomic mass is 10.1. The molecule has 5 rings (SSSR count). The third-order valence-electron chi connectivity index (χ3n) is 5.47. The van der Waals surface area contributed by atoms with Crippen LogP contribution in [-0.2, 0) is 6.61 Å². The summed E-state index contributed by atoms with van der Waals surface area (Å²) >= 11 is 0. The Kier molecular flexibility index (Phi) is 5.79. The number of rotatable bonds is 7. The Morgan fingerprint density at radius 2 is 1.62 bits per heavy atom. The minimum absolute atomic E-state index is 0.173. The quantitative estimate of drug-likeness (QED) is 0.269. The van der Waals surface area contributed by atoms with Gasteiger partial charge in [-0.25, -0.2) is 4.98 Å². The van der Waals surface area contributed by atoms with Gasteiger partial charge in [-0.1, -0.05) is 48.5 Å². The van der Waals surface area contributed by atoms with Crippen molar-refractivity contribution >= 4 is 27.6 Å². The number of pyridine rings is 2. The number of ether oxygens (including phenoxy) is 3. The first-order valence-corrected chi connectivity index (χ1v) is 10.8. The van der Waals surface area contributed by atoms with Crippen molar-refractivity contribution in [1.29, 1.82) is 0 Å². The fourth-order valence-corrected chi connectivity index (χ4v) is 3.77. The first kappa shape index (κ1) is 21.4. The van der Waals surface area contributed by atoms with Gasteiger partial charge in [0.05, 0.1) is 18.1 Å². The first-order chi connectivity index (χ1) is 16.6. The number of para-hydroxylation sites is 1. The normalized spacial score (nSPS) is 10.9. The molecule has 0 fully saturated rings. The van der Waals surface area contributed by atoms with Gasteiger partial charge in [-0.15, -0.1) is 0 Å². The Bertz CT molecular complexity index is 1500. The lowest BCUT2D eigenvalue weighted by Gasteiger charge is -2.15. The van der Waals surface area contributed by atoms with E-state index in [9.17, 15) is 4.79 Å². The van der Waals surface area contributed by atoms with Crippen LogP contribution in [-0.4, -0.2) is 22.9 Å². The smallest absolute Gasteiger partial charge is 0.181 e. The molecule has 0 aliphatic heterocycles. The molecule has 0 aliphatic carbocycles. The highest BCUT2D eigenvalue weighted by atomic mass is 16.5. The summed E-state index contributed by atoms with van der Waals surface area (Å²) in [5.74, 6) is 1.90. The molecule has 0 unspecified atom stereocenters. The Hall–Kier alpha value is -4.45. The Morgan fingerprint density at radius 1 is 0.824 bits per heavy atom. The molecule has 6 nitrogen and oxygen atoms in total. The number of hydrogen-bond acceptors (Lipinski definition) is 6. The van der Waals surface area contributed by atoms with Gasteiger partial charge in [-0.05, 0) is 29.8 Å². The summed E-state index contributed by atoms with van der Waals surface area (Å²) in [5.41, 5.74) is 2.75. The van der Waals surface area contributed by atoms with Gasteiger partial charge in [0.2, 0.25) is 0 Å². The molecule has 0 aliphatic rings. The molecule has 0 N–H and O–H groups in total. The molecule has 0 spiro atoms. The minimum atomic E-state index is -0.173. The largest absolute Gasteiger partial charge is 0.493 e. The number of methoxy groups -OCH3 is 1. The monoisotopic (exact) mass is 450 g/mol. The summed E-state index contributed by atoms with van der Waals surface area (Å²) in [6.45, 7) is 1.89. The van der Waals surface area contributed by atoms with E-state index in [-0.39, 0.29) is 11.5 Å². The van der Waals surface area contributed by atoms with Crippen LogP contribution in [0, 0.1) is 0 Å². The zero-order valence-corrected chi connectivity index (χ0v) is 18.8.